The largest absolute Gasteiger partial charge is 3.00 e. The van der Waals surface area contributed by atoms with Gasteiger partial charge in [0.2, 0.25) is 0 Å². The fourth-order valence-corrected chi connectivity index (χ4v) is 0. The second kappa shape index (κ2) is 43.0. The molecule has 0 aliphatic heterocycles. The zero-order chi connectivity index (χ0) is 5.21. The van der Waals surface area contributed by atoms with E-state index in [1.54, 1.807) is 0 Å². The molecular formula is C8H19Y7. The summed E-state index contributed by atoms with van der Waals surface area (Å²) in [5.74, 6) is 0. The maximum Gasteiger partial charge on any atom is 3.00 e. The molecular weight excluding hydrogens is 718 g/mol. The summed E-state index contributed by atoms with van der Waals surface area (Å²) in [4.78, 5) is 0. The van der Waals surface area contributed by atoms with Crippen LogP contribution in [0, 0.1) is 27.2 Å². The molecule has 0 bridgehead atoms. The first-order chi connectivity index (χ1) is 2.56. The zero-order valence-corrected chi connectivity index (χ0v) is 30.8. The predicted molar refractivity (Wildman–Crippen MR) is 42.3 cm³/mol. The molecule has 0 heterocycles. The van der Waals surface area contributed by atoms with Crippen LogP contribution in [0.1, 0.15) is 27.2 Å². The molecule has 0 aromatic carbocycles. The van der Waals surface area contributed by atoms with E-state index in [-0.39, 0.29) is 244 Å². The van der Waals surface area contributed by atoms with Gasteiger partial charge in [-0.2, -0.15) is 6.42 Å². The Labute approximate surface area is 275 Å². The second-order valence-corrected chi connectivity index (χ2v) is 2.81. The molecule has 15 heavy (non-hydrogen) atoms. The molecule has 0 unspecified atom stereocenters. The molecule has 0 aliphatic carbocycles. The van der Waals surface area contributed by atoms with Crippen molar-refractivity contribution in [3.8, 4) is 0 Å². The smallest absolute Gasteiger partial charge is 0.358 e. The van der Waals surface area contributed by atoms with Gasteiger partial charge in [0, 0.05) is 196 Å². The van der Waals surface area contributed by atoms with Crippen molar-refractivity contribution < 1.29 is 229 Å². The molecule has 0 nitrogen and oxygen atoms in total. The monoisotopic (exact) mass is 737 g/mol. The first kappa shape index (κ1) is 66.2. The fraction of sp³-hybridized carbons (Fsp3) is 0.625. The number of hydrogen-bond acceptors (Lipinski definition) is 0. The van der Waals surface area contributed by atoms with Gasteiger partial charge >= 0.3 is 32.7 Å². The van der Waals surface area contributed by atoms with Gasteiger partial charge in [0.1, 0.15) is 0 Å². The van der Waals surface area contributed by atoms with Crippen molar-refractivity contribution >= 4 is 0 Å². The Balaban J connectivity index is -0.00000000347. The first-order valence-electron chi connectivity index (χ1n) is 2.35. The summed E-state index contributed by atoms with van der Waals surface area (Å²) in [6, 6.07) is 0. The molecule has 72 valence electrons. The van der Waals surface area contributed by atoms with E-state index in [1.165, 1.54) is 0 Å². The molecule has 7 heteroatoms. The van der Waals surface area contributed by atoms with Crippen molar-refractivity contribution in [2.75, 3.05) is 0 Å². The Hall–Kier alpha value is 7.73. The summed E-state index contributed by atoms with van der Waals surface area (Å²) >= 11 is 0. The van der Waals surface area contributed by atoms with Gasteiger partial charge in [0.05, 0.1) is 0 Å². The summed E-state index contributed by atoms with van der Waals surface area (Å²) < 4.78 is 0. The van der Waals surface area contributed by atoms with E-state index in [9.17, 15) is 0 Å². The van der Waals surface area contributed by atoms with Crippen molar-refractivity contribution in [3.05, 3.63) is 21.8 Å². The first-order valence-corrected chi connectivity index (χ1v) is 2.35. The van der Waals surface area contributed by atoms with Crippen LogP contribution in [0.2, 0.25) is 0 Å². The maximum atomic E-state index is 3.76. The number of rotatable bonds is 0. The van der Waals surface area contributed by atoms with E-state index in [2.05, 4.69) is 27.7 Å². The van der Waals surface area contributed by atoms with Crippen LogP contribution in [-0.2, 0) is 229 Å². The minimum Gasteiger partial charge on any atom is -0.358 e. The Morgan fingerprint density at radius 3 is 0.800 bits per heavy atom. The van der Waals surface area contributed by atoms with Crippen LogP contribution in [0.3, 0.4) is 0 Å². The number of hydrogen-bond donors (Lipinski definition) is 0. The Kier molecular flexibility index (Phi) is 190. The van der Waals surface area contributed by atoms with Gasteiger partial charge in [-0.15, -0.1) is 0 Å². The van der Waals surface area contributed by atoms with Gasteiger partial charge in [-0.3, -0.25) is 0 Å². The van der Waals surface area contributed by atoms with Crippen molar-refractivity contribution in [3.63, 3.8) is 0 Å². The van der Waals surface area contributed by atoms with Crippen molar-refractivity contribution in [2.24, 2.45) is 5.41 Å². The third kappa shape index (κ3) is 73.5. The van der Waals surface area contributed by atoms with Crippen molar-refractivity contribution in [1.82, 2.24) is 0 Å². The Bertz CT molecular complexity index is 44.7. The van der Waals surface area contributed by atoms with Gasteiger partial charge in [0.25, 0.3) is 0 Å². The van der Waals surface area contributed by atoms with Crippen LogP contribution in [-0.4, -0.2) is 0 Å². The Morgan fingerprint density at radius 1 is 0.733 bits per heavy atom. The van der Waals surface area contributed by atoms with Crippen LogP contribution < -0.4 is 0 Å². The van der Waals surface area contributed by atoms with Crippen LogP contribution >= 0.6 is 0 Å². The quantitative estimate of drug-likeness (QED) is 0.336. The maximum absolute atomic E-state index is 3.76. The van der Waals surface area contributed by atoms with Gasteiger partial charge in [-0.05, 0) is 0 Å². The van der Waals surface area contributed by atoms with E-state index in [4.69, 9.17) is 0 Å². The second-order valence-electron chi connectivity index (χ2n) is 2.81. The molecule has 0 aromatic rings. The van der Waals surface area contributed by atoms with E-state index < -0.39 is 0 Å². The van der Waals surface area contributed by atoms with Crippen molar-refractivity contribution in [1.29, 1.82) is 0 Å². The van der Waals surface area contributed by atoms with Crippen molar-refractivity contribution in [2.45, 2.75) is 27.2 Å². The zero-order valence-electron chi connectivity index (χ0n) is 11.0. The third-order valence-electron chi connectivity index (χ3n) is 0.750. The molecule has 0 aromatic heterocycles. The average Bonchev–Trinajstić information content (AvgIpc) is 1.35. The molecule has 0 spiro atoms. The Morgan fingerprint density at radius 2 is 0.800 bits per heavy atom. The van der Waals surface area contributed by atoms with E-state index in [0.29, 0.717) is 5.41 Å². The molecule has 0 rings (SSSR count). The van der Waals surface area contributed by atoms with E-state index in [1.807, 2.05) is 0 Å². The molecule has 0 saturated carbocycles. The summed E-state index contributed by atoms with van der Waals surface area (Å²) in [5, 5.41) is 0. The van der Waals surface area contributed by atoms with Crippen LogP contribution in [0.5, 0.6) is 0 Å². The normalized spacial score (nSPS) is 4.80. The summed E-state index contributed by atoms with van der Waals surface area (Å²) in [7, 11) is 0. The summed E-state index contributed by atoms with van der Waals surface area (Å²) in [6.45, 7) is 10.3. The van der Waals surface area contributed by atoms with E-state index in [0.717, 1.165) is 6.42 Å². The molecule has 0 fully saturated rings. The summed E-state index contributed by atoms with van der Waals surface area (Å²) in [6.07, 6.45) is 1.02. The van der Waals surface area contributed by atoms with E-state index >= 15 is 0 Å². The third-order valence-corrected chi connectivity index (χ3v) is 0.750. The van der Waals surface area contributed by atoms with Gasteiger partial charge in [-0.25, -0.2) is 0 Å². The standard InChI is InChI=1S/C6H13.2CH3.7Y/c1-5-6(2,3)4;;;;;;;;;/h1,5H2,2-4H3;2*1H3;;;;;;;/q3*-1;;;;;;;+3. The molecule has 0 amide bonds. The van der Waals surface area contributed by atoms with Gasteiger partial charge < -0.3 is 21.8 Å². The molecule has 0 aliphatic rings. The van der Waals surface area contributed by atoms with Crippen LogP contribution in [0.4, 0.5) is 0 Å². The topological polar surface area (TPSA) is 0 Å². The predicted octanol–water partition coefficient (Wildman–Crippen LogP) is 3.14. The molecule has 0 atom stereocenters. The minimum atomic E-state index is 0. The SMILES string of the molecule is [CH2-]CC(C)(C)C.[CH3-].[CH3-].[Y+3].[Y].[Y].[Y].[Y].[Y].[Y]. The fourth-order valence-electron chi connectivity index (χ4n) is 0. The summed E-state index contributed by atoms with van der Waals surface area (Å²) in [5.41, 5.74) is 0.431. The van der Waals surface area contributed by atoms with Crippen LogP contribution in [0.15, 0.2) is 0 Å². The van der Waals surface area contributed by atoms with Crippen LogP contribution in [0.25, 0.3) is 0 Å². The average molecular weight is 738 g/mol. The van der Waals surface area contributed by atoms with Gasteiger partial charge in [0.15, 0.2) is 0 Å². The molecule has 0 saturated heterocycles. The minimum absolute atomic E-state index is 0. The molecule has 0 N–H and O–H groups in total. The van der Waals surface area contributed by atoms with Gasteiger partial charge in [-0.1, -0.05) is 26.2 Å². The molecule has 6 radical (unpaired) electrons.